The lowest BCUT2D eigenvalue weighted by Gasteiger charge is -2.35. The summed E-state index contributed by atoms with van der Waals surface area (Å²) in [6, 6.07) is 0. The lowest BCUT2D eigenvalue weighted by molar-refractivity contribution is 0.238. The third-order valence-electron chi connectivity index (χ3n) is 3.91. The van der Waals surface area contributed by atoms with E-state index in [4.69, 9.17) is 11.6 Å². The summed E-state index contributed by atoms with van der Waals surface area (Å²) < 4.78 is 4.43. The summed E-state index contributed by atoms with van der Waals surface area (Å²) in [7, 11) is 0. The first kappa shape index (κ1) is 15.0. The second-order valence-corrected chi connectivity index (χ2v) is 7.74. The second-order valence-electron chi connectivity index (χ2n) is 6.72. The standard InChI is InChI=1S/C14H24ClN3S/c1-13(2,3)11-17-12(19-18-11)16-10-14(9-15)7-5-4-6-8-14/h4-10H2,1-3H3,(H,16,17,18). The van der Waals surface area contributed by atoms with Crippen molar-refractivity contribution in [3.8, 4) is 0 Å². The molecular weight excluding hydrogens is 278 g/mol. The van der Waals surface area contributed by atoms with Crippen LogP contribution in [0.15, 0.2) is 0 Å². The highest BCUT2D eigenvalue weighted by Gasteiger charge is 2.31. The van der Waals surface area contributed by atoms with E-state index in [1.54, 1.807) is 0 Å². The summed E-state index contributed by atoms with van der Waals surface area (Å²) in [5.41, 5.74) is 0.277. The Hall–Kier alpha value is -0.350. The van der Waals surface area contributed by atoms with Crippen LogP contribution in [0.3, 0.4) is 0 Å². The molecule has 0 amide bonds. The molecule has 3 nitrogen and oxygen atoms in total. The average Bonchev–Trinajstić information content (AvgIpc) is 2.86. The summed E-state index contributed by atoms with van der Waals surface area (Å²) in [5.74, 6) is 1.66. The summed E-state index contributed by atoms with van der Waals surface area (Å²) in [4.78, 5) is 4.58. The molecule has 0 aliphatic heterocycles. The van der Waals surface area contributed by atoms with E-state index in [1.165, 1.54) is 43.6 Å². The van der Waals surface area contributed by atoms with E-state index in [2.05, 4.69) is 35.4 Å². The van der Waals surface area contributed by atoms with E-state index < -0.39 is 0 Å². The number of nitrogens with zero attached hydrogens (tertiary/aromatic N) is 2. The zero-order chi connectivity index (χ0) is 13.9. The maximum atomic E-state index is 6.21. The third kappa shape index (κ3) is 3.82. The van der Waals surface area contributed by atoms with Gasteiger partial charge in [0.2, 0.25) is 5.13 Å². The number of hydrogen-bond acceptors (Lipinski definition) is 4. The normalized spacial score (nSPS) is 19.4. The maximum absolute atomic E-state index is 6.21. The summed E-state index contributed by atoms with van der Waals surface area (Å²) >= 11 is 7.67. The van der Waals surface area contributed by atoms with Gasteiger partial charge in [-0.2, -0.15) is 4.37 Å². The molecule has 0 aromatic carbocycles. The van der Waals surface area contributed by atoms with Crippen molar-refractivity contribution in [2.45, 2.75) is 58.3 Å². The highest BCUT2D eigenvalue weighted by atomic mass is 35.5. The number of halogens is 1. The van der Waals surface area contributed by atoms with Crippen LogP contribution in [0.5, 0.6) is 0 Å². The van der Waals surface area contributed by atoms with E-state index in [0.717, 1.165) is 23.4 Å². The van der Waals surface area contributed by atoms with Crippen LogP contribution in [0.1, 0.15) is 58.7 Å². The average molecular weight is 302 g/mol. The molecule has 1 heterocycles. The van der Waals surface area contributed by atoms with Crippen LogP contribution in [0.2, 0.25) is 0 Å². The molecule has 1 saturated carbocycles. The zero-order valence-electron chi connectivity index (χ0n) is 12.1. The number of rotatable bonds is 4. The quantitative estimate of drug-likeness (QED) is 0.836. The van der Waals surface area contributed by atoms with Gasteiger partial charge < -0.3 is 5.32 Å². The zero-order valence-corrected chi connectivity index (χ0v) is 13.7. The molecule has 0 bridgehead atoms. The van der Waals surface area contributed by atoms with E-state index in [9.17, 15) is 0 Å². The van der Waals surface area contributed by atoms with Crippen molar-refractivity contribution in [1.29, 1.82) is 0 Å². The molecule has 0 atom stereocenters. The van der Waals surface area contributed by atoms with Crippen LogP contribution in [-0.2, 0) is 5.41 Å². The van der Waals surface area contributed by atoms with E-state index in [0.29, 0.717) is 0 Å². The topological polar surface area (TPSA) is 37.8 Å². The Kier molecular flexibility index (Phi) is 4.72. The van der Waals surface area contributed by atoms with Gasteiger partial charge in [0, 0.05) is 34.8 Å². The monoisotopic (exact) mass is 301 g/mol. The van der Waals surface area contributed by atoms with Crippen molar-refractivity contribution in [3.63, 3.8) is 0 Å². The van der Waals surface area contributed by atoms with Crippen LogP contribution >= 0.6 is 23.1 Å². The van der Waals surface area contributed by atoms with Crippen LogP contribution in [0, 0.1) is 5.41 Å². The Bertz CT molecular complexity index is 405. The number of alkyl halides is 1. The Balaban J connectivity index is 1.96. The molecule has 0 unspecified atom stereocenters. The highest BCUT2D eigenvalue weighted by Crippen LogP contribution is 2.37. The predicted molar refractivity (Wildman–Crippen MR) is 83.3 cm³/mol. The molecule has 0 radical (unpaired) electrons. The van der Waals surface area contributed by atoms with Gasteiger partial charge in [0.1, 0.15) is 5.82 Å². The minimum Gasteiger partial charge on any atom is -0.360 e. The second kappa shape index (κ2) is 5.96. The maximum Gasteiger partial charge on any atom is 0.202 e. The first-order valence-electron chi connectivity index (χ1n) is 7.09. The Labute approximate surface area is 125 Å². The van der Waals surface area contributed by atoms with Crippen molar-refractivity contribution < 1.29 is 0 Å². The van der Waals surface area contributed by atoms with Gasteiger partial charge >= 0.3 is 0 Å². The molecule has 19 heavy (non-hydrogen) atoms. The smallest absolute Gasteiger partial charge is 0.202 e. The van der Waals surface area contributed by atoms with Crippen LogP contribution < -0.4 is 5.32 Å². The van der Waals surface area contributed by atoms with Crippen LogP contribution in [0.4, 0.5) is 5.13 Å². The summed E-state index contributed by atoms with van der Waals surface area (Å²) in [5, 5.41) is 4.39. The molecule has 1 aliphatic rings. The Morgan fingerprint density at radius 3 is 2.47 bits per heavy atom. The fourth-order valence-electron chi connectivity index (χ4n) is 2.52. The summed E-state index contributed by atoms with van der Waals surface area (Å²) in [6.07, 6.45) is 6.42. The van der Waals surface area contributed by atoms with Gasteiger partial charge in [0.25, 0.3) is 0 Å². The van der Waals surface area contributed by atoms with Gasteiger partial charge in [0.05, 0.1) is 0 Å². The van der Waals surface area contributed by atoms with Crippen molar-refractivity contribution in [2.24, 2.45) is 5.41 Å². The molecule has 2 rings (SSSR count). The van der Waals surface area contributed by atoms with Gasteiger partial charge in [0.15, 0.2) is 0 Å². The fraction of sp³-hybridized carbons (Fsp3) is 0.857. The van der Waals surface area contributed by atoms with E-state index in [-0.39, 0.29) is 10.8 Å². The number of hydrogen-bond donors (Lipinski definition) is 1. The molecule has 1 aliphatic carbocycles. The molecule has 0 spiro atoms. The molecule has 0 saturated heterocycles. The van der Waals surface area contributed by atoms with Crippen molar-refractivity contribution >= 4 is 28.3 Å². The number of anilines is 1. The largest absolute Gasteiger partial charge is 0.360 e. The molecule has 1 aromatic heterocycles. The van der Waals surface area contributed by atoms with Crippen LogP contribution in [-0.4, -0.2) is 21.8 Å². The SMILES string of the molecule is CC(C)(C)c1nsc(NCC2(CCl)CCCCC2)n1. The minimum atomic E-state index is 0.0193. The van der Waals surface area contributed by atoms with Gasteiger partial charge in [-0.15, -0.1) is 11.6 Å². The van der Waals surface area contributed by atoms with E-state index >= 15 is 0 Å². The van der Waals surface area contributed by atoms with Crippen molar-refractivity contribution in [2.75, 3.05) is 17.7 Å². The molecule has 5 heteroatoms. The Morgan fingerprint density at radius 2 is 1.95 bits per heavy atom. The lowest BCUT2D eigenvalue weighted by Crippen LogP contribution is -2.33. The van der Waals surface area contributed by atoms with Crippen molar-refractivity contribution in [3.05, 3.63) is 5.82 Å². The summed E-state index contributed by atoms with van der Waals surface area (Å²) in [6.45, 7) is 7.34. The minimum absolute atomic E-state index is 0.0193. The Morgan fingerprint density at radius 1 is 1.26 bits per heavy atom. The van der Waals surface area contributed by atoms with Gasteiger partial charge in [-0.25, -0.2) is 4.98 Å². The van der Waals surface area contributed by atoms with Gasteiger partial charge in [-0.3, -0.25) is 0 Å². The fourth-order valence-corrected chi connectivity index (χ4v) is 3.64. The molecule has 1 aromatic rings. The van der Waals surface area contributed by atoms with Crippen molar-refractivity contribution in [1.82, 2.24) is 9.36 Å². The number of aromatic nitrogens is 2. The lowest BCUT2D eigenvalue weighted by atomic mass is 9.75. The first-order chi connectivity index (χ1) is 8.95. The van der Waals surface area contributed by atoms with Gasteiger partial charge in [-0.05, 0) is 12.8 Å². The molecule has 108 valence electrons. The van der Waals surface area contributed by atoms with Crippen LogP contribution in [0.25, 0.3) is 0 Å². The van der Waals surface area contributed by atoms with Gasteiger partial charge in [-0.1, -0.05) is 40.0 Å². The van der Waals surface area contributed by atoms with E-state index in [1.807, 2.05) is 0 Å². The molecule has 1 fully saturated rings. The third-order valence-corrected chi connectivity index (χ3v) is 5.15. The predicted octanol–water partition coefficient (Wildman–Crippen LogP) is 4.44. The highest BCUT2D eigenvalue weighted by molar-refractivity contribution is 7.09. The number of nitrogens with one attached hydrogen (secondary N) is 1. The molecule has 1 N–H and O–H groups in total. The molecular formula is C14H24ClN3S. The first-order valence-corrected chi connectivity index (χ1v) is 8.40.